The monoisotopic (exact) mass is 179 g/mol. The van der Waals surface area contributed by atoms with Gasteiger partial charge >= 0.3 is 0 Å². The molecule has 0 atom stereocenters. The minimum absolute atomic E-state index is 0.208. The Kier molecular flexibility index (Phi) is 4.20. The van der Waals surface area contributed by atoms with Crippen molar-refractivity contribution < 1.29 is 4.79 Å². The third-order valence-corrected chi connectivity index (χ3v) is 3.74. The highest BCUT2D eigenvalue weighted by atomic mass is 33.1. The maximum atomic E-state index is 10.3. The fraction of sp³-hybridized carbons (Fsp3) is 0.833. The van der Waals surface area contributed by atoms with Crippen LogP contribution in [-0.2, 0) is 4.79 Å². The zero-order valence-electron chi connectivity index (χ0n) is 6.51. The third-order valence-electron chi connectivity index (χ3n) is 0.510. The summed E-state index contributed by atoms with van der Waals surface area (Å²) in [5.74, 6) is 0.156. The van der Waals surface area contributed by atoms with E-state index < -0.39 is 0 Å². The van der Waals surface area contributed by atoms with Gasteiger partial charge < -0.3 is 5.73 Å². The minimum Gasteiger partial charge on any atom is -0.369 e. The van der Waals surface area contributed by atoms with Crippen LogP contribution in [0.3, 0.4) is 0 Å². The van der Waals surface area contributed by atoms with Gasteiger partial charge in [-0.2, -0.15) is 0 Å². The molecule has 2 nitrogen and oxygen atoms in total. The summed E-state index contributed by atoms with van der Waals surface area (Å²) in [4.78, 5) is 10.3. The van der Waals surface area contributed by atoms with Gasteiger partial charge in [0.05, 0.1) is 5.75 Å². The predicted octanol–water partition coefficient (Wildman–Crippen LogP) is 1.65. The predicted molar refractivity (Wildman–Crippen MR) is 49.0 cm³/mol. The van der Waals surface area contributed by atoms with E-state index in [1.54, 1.807) is 10.8 Å². The first-order chi connectivity index (χ1) is 4.42. The molecule has 0 saturated carbocycles. The first-order valence-electron chi connectivity index (χ1n) is 3.01. The topological polar surface area (TPSA) is 43.1 Å². The van der Waals surface area contributed by atoms with E-state index in [1.165, 1.54) is 10.8 Å². The van der Waals surface area contributed by atoms with Gasteiger partial charge in [0.1, 0.15) is 0 Å². The molecule has 0 heterocycles. The summed E-state index contributed by atoms with van der Waals surface area (Å²) in [6.07, 6.45) is 0. The molecule has 0 fully saturated rings. The Hall–Kier alpha value is 0.170. The molecule has 0 radical (unpaired) electrons. The number of hydrogen-bond acceptors (Lipinski definition) is 3. The van der Waals surface area contributed by atoms with E-state index in [9.17, 15) is 4.79 Å². The molecule has 0 saturated heterocycles. The van der Waals surface area contributed by atoms with Gasteiger partial charge in [0.25, 0.3) is 0 Å². The van der Waals surface area contributed by atoms with Gasteiger partial charge in [-0.1, -0.05) is 42.4 Å². The van der Waals surface area contributed by atoms with Crippen LogP contribution >= 0.6 is 21.6 Å². The molecule has 1 amide bonds. The number of nitrogens with two attached hydrogens (primary N) is 1. The fourth-order valence-corrected chi connectivity index (χ4v) is 2.38. The normalized spacial score (nSPS) is 11.5. The van der Waals surface area contributed by atoms with E-state index in [-0.39, 0.29) is 10.7 Å². The summed E-state index contributed by atoms with van der Waals surface area (Å²) < 4.78 is 0.208. The quantitative estimate of drug-likeness (QED) is 0.670. The van der Waals surface area contributed by atoms with Gasteiger partial charge in [-0.25, -0.2) is 0 Å². The SMILES string of the molecule is CC(C)(C)SSCC(N)=O. The largest absolute Gasteiger partial charge is 0.369 e. The van der Waals surface area contributed by atoms with E-state index in [0.29, 0.717) is 5.75 Å². The van der Waals surface area contributed by atoms with Crippen LogP contribution < -0.4 is 5.73 Å². The summed E-state index contributed by atoms with van der Waals surface area (Å²) in [5.41, 5.74) is 4.95. The first kappa shape index (κ1) is 10.2. The Bertz CT molecular complexity index is 119. The van der Waals surface area contributed by atoms with Crippen LogP contribution in [0.5, 0.6) is 0 Å². The second kappa shape index (κ2) is 4.13. The zero-order valence-corrected chi connectivity index (χ0v) is 8.14. The van der Waals surface area contributed by atoms with Crippen LogP contribution in [0, 0.1) is 0 Å². The van der Waals surface area contributed by atoms with Crippen molar-refractivity contribution in [3.8, 4) is 0 Å². The van der Waals surface area contributed by atoms with Gasteiger partial charge in [0, 0.05) is 4.75 Å². The van der Waals surface area contributed by atoms with Gasteiger partial charge in [-0.05, 0) is 0 Å². The maximum Gasteiger partial charge on any atom is 0.228 e. The fourth-order valence-electron chi connectivity index (χ4n) is 0.264. The molecule has 0 aromatic heterocycles. The van der Waals surface area contributed by atoms with E-state index in [1.807, 2.05) is 0 Å². The van der Waals surface area contributed by atoms with Crippen molar-refractivity contribution >= 4 is 27.5 Å². The highest BCUT2D eigenvalue weighted by Crippen LogP contribution is 2.34. The Morgan fingerprint density at radius 1 is 1.50 bits per heavy atom. The van der Waals surface area contributed by atoms with Crippen molar-refractivity contribution in [3.63, 3.8) is 0 Å². The molecule has 0 aliphatic heterocycles. The van der Waals surface area contributed by atoms with Crippen LogP contribution in [0.4, 0.5) is 0 Å². The average Bonchev–Trinajstić information content (AvgIpc) is 1.59. The van der Waals surface area contributed by atoms with Crippen LogP contribution in [0.2, 0.25) is 0 Å². The van der Waals surface area contributed by atoms with Crippen molar-refractivity contribution in [1.82, 2.24) is 0 Å². The average molecular weight is 179 g/mol. The summed E-state index contributed by atoms with van der Waals surface area (Å²) in [5, 5.41) is 0. The minimum atomic E-state index is -0.248. The van der Waals surface area contributed by atoms with E-state index in [4.69, 9.17) is 5.73 Å². The smallest absolute Gasteiger partial charge is 0.228 e. The van der Waals surface area contributed by atoms with Crippen molar-refractivity contribution in [2.24, 2.45) is 5.73 Å². The summed E-state index contributed by atoms with van der Waals surface area (Å²) in [6.45, 7) is 6.31. The molecule has 0 unspecified atom stereocenters. The van der Waals surface area contributed by atoms with Crippen LogP contribution in [0.1, 0.15) is 20.8 Å². The maximum absolute atomic E-state index is 10.3. The van der Waals surface area contributed by atoms with Gasteiger partial charge in [-0.15, -0.1) is 0 Å². The molecule has 4 heteroatoms. The molecular weight excluding hydrogens is 166 g/mol. The molecule has 0 rings (SSSR count). The molecular formula is C6H13NOS2. The second-order valence-corrected chi connectivity index (χ2v) is 6.05. The van der Waals surface area contributed by atoms with Crippen molar-refractivity contribution in [3.05, 3.63) is 0 Å². The lowest BCUT2D eigenvalue weighted by atomic mass is 10.3. The Labute approximate surface area is 69.7 Å². The van der Waals surface area contributed by atoms with Crippen LogP contribution in [-0.4, -0.2) is 16.4 Å². The standard InChI is InChI=1S/C6H13NOS2/c1-6(2,3)10-9-4-5(7)8/h4H2,1-3H3,(H2,7,8). The van der Waals surface area contributed by atoms with Crippen molar-refractivity contribution in [1.29, 1.82) is 0 Å². The Balaban J connectivity index is 3.29. The van der Waals surface area contributed by atoms with Crippen molar-refractivity contribution in [2.45, 2.75) is 25.5 Å². The molecule has 0 bridgehead atoms. The molecule has 0 aliphatic carbocycles. The number of carbonyl (C=O) groups excluding carboxylic acids is 1. The number of rotatable bonds is 3. The first-order valence-corrected chi connectivity index (χ1v) is 5.32. The highest BCUT2D eigenvalue weighted by Gasteiger charge is 2.10. The summed E-state index contributed by atoms with van der Waals surface area (Å²) in [6, 6.07) is 0. The Morgan fingerprint density at radius 2 is 2.00 bits per heavy atom. The number of amides is 1. The second-order valence-electron chi connectivity index (χ2n) is 2.92. The number of carbonyl (C=O) groups is 1. The number of hydrogen-bond donors (Lipinski definition) is 1. The van der Waals surface area contributed by atoms with Gasteiger partial charge in [-0.3, -0.25) is 4.79 Å². The number of primary amides is 1. The van der Waals surface area contributed by atoms with E-state index in [2.05, 4.69) is 20.8 Å². The molecule has 60 valence electrons. The third kappa shape index (κ3) is 8.17. The van der Waals surface area contributed by atoms with Gasteiger partial charge in [0.15, 0.2) is 0 Å². The molecule has 0 spiro atoms. The molecule has 2 N–H and O–H groups in total. The summed E-state index contributed by atoms with van der Waals surface area (Å²) >= 11 is 0. The van der Waals surface area contributed by atoms with E-state index >= 15 is 0 Å². The molecule has 0 aromatic carbocycles. The lowest BCUT2D eigenvalue weighted by molar-refractivity contribution is -0.115. The zero-order chi connectivity index (χ0) is 8.20. The van der Waals surface area contributed by atoms with E-state index in [0.717, 1.165) is 0 Å². The van der Waals surface area contributed by atoms with Crippen LogP contribution in [0.15, 0.2) is 0 Å². The molecule has 0 aliphatic rings. The lowest BCUT2D eigenvalue weighted by Gasteiger charge is -2.15. The lowest BCUT2D eigenvalue weighted by Crippen LogP contribution is -2.13. The summed E-state index contributed by atoms with van der Waals surface area (Å²) in [7, 11) is 3.19. The van der Waals surface area contributed by atoms with Gasteiger partial charge in [0.2, 0.25) is 5.91 Å². The Morgan fingerprint density at radius 3 is 2.30 bits per heavy atom. The van der Waals surface area contributed by atoms with Crippen LogP contribution in [0.25, 0.3) is 0 Å². The molecule has 0 aromatic rings. The van der Waals surface area contributed by atoms with Crippen molar-refractivity contribution in [2.75, 3.05) is 5.75 Å². The highest BCUT2D eigenvalue weighted by molar-refractivity contribution is 8.77. The molecule has 10 heavy (non-hydrogen) atoms.